The zero-order valence-corrected chi connectivity index (χ0v) is 10.5. The molecule has 0 spiro atoms. The molecule has 0 amide bonds. The van der Waals surface area contributed by atoms with Crippen LogP contribution in [0.2, 0.25) is 0 Å². The van der Waals surface area contributed by atoms with Crippen LogP contribution in [0.15, 0.2) is 18.3 Å². The molecule has 0 unspecified atom stereocenters. The number of nitrogens with one attached hydrogen (secondary N) is 1. The first-order valence-electron chi connectivity index (χ1n) is 6.20. The SMILES string of the molecule is CCCOc1cccnc1NC1CC(OC)C1. The molecule has 1 aromatic rings. The molecule has 1 aromatic heterocycles. The van der Waals surface area contributed by atoms with Crippen LogP contribution < -0.4 is 10.1 Å². The molecule has 4 nitrogen and oxygen atoms in total. The Morgan fingerprint density at radius 3 is 3.00 bits per heavy atom. The molecule has 94 valence electrons. The maximum Gasteiger partial charge on any atom is 0.168 e. The van der Waals surface area contributed by atoms with Gasteiger partial charge < -0.3 is 14.8 Å². The van der Waals surface area contributed by atoms with Gasteiger partial charge in [0.15, 0.2) is 11.6 Å². The normalized spacial score (nSPS) is 22.9. The van der Waals surface area contributed by atoms with Gasteiger partial charge in [-0.25, -0.2) is 4.98 Å². The van der Waals surface area contributed by atoms with E-state index in [1.54, 1.807) is 13.3 Å². The summed E-state index contributed by atoms with van der Waals surface area (Å²) in [7, 11) is 1.76. The summed E-state index contributed by atoms with van der Waals surface area (Å²) in [6.45, 7) is 2.82. The van der Waals surface area contributed by atoms with Crippen molar-refractivity contribution in [3.63, 3.8) is 0 Å². The fourth-order valence-electron chi connectivity index (χ4n) is 1.90. The van der Waals surface area contributed by atoms with Crippen molar-refractivity contribution in [2.24, 2.45) is 0 Å². The van der Waals surface area contributed by atoms with Crippen molar-refractivity contribution in [2.45, 2.75) is 38.3 Å². The van der Waals surface area contributed by atoms with Gasteiger partial charge in [-0.3, -0.25) is 0 Å². The van der Waals surface area contributed by atoms with Crippen LogP contribution in [-0.4, -0.2) is 30.8 Å². The Labute approximate surface area is 102 Å². The molecule has 1 fully saturated rings. The van der Waals surface area contributed by atoms with Gasteiger partial charge >= 0.3 is 0 Å². The summed E-state index contributed by atoms with van der Waals surface area (Å²) in [4.78, 5) is 4.33. The van der Waals surface area contributed by atoms with E-state index in [0.29, 0.717) is 12.1 Å². The number of anilines is 1. The molecular weight excluding hydrogens is 216 g/mol. The molecule has 1 saturated carbocycles. The summed E-state index contributed by atoms with van der Waals surface area (Å²) in [5.74, 6) is 1.69. The fourth-order valence-corrected chi connectivity index (χ4v) is 1.90. The summed E-state index contributed by atoms with van der Waals surface area (Å²) in [6.07, 6.45) is 5.27. The number of methoxy groups -OCH3 is 1. The highest BCUT2D eigenvalue weighted by atomic mass is 16.5. The van der Waals surface area contributed by atoms with Crippen molar-refractivity contribution in [3.8, 4) is 5.75 Å². The van der Waals surface area contributed by atoms with Crippen LogP contribution in [0.25, 0.3) is 0 Å². The third-order valence-corrected chi connectivity index (χ3v) is 3.00. The van der Waals surface area contributed by atoms with E-state index in [4.69, 9.17) is 9.47 Å². The van der Waals surface area contributed by atoms with Crippen LogP contribution in [0, 0.1) is 0 Å². The molecule has 1 aliphatic rings. The molecule has 2 rings (SSSR count). The monoisotopic (exact) mass is 236 g/mol. The Kier molecular flexibility index (Phi) is 4.20. The van der Waals surface area contributed by atoms with E-state index in [2.05, 4.69) is 17.2 Å². The Balaban J connectivity index is 1.91. The predicted octanol–water partition coefficient (Wildman–Crippen LogP) is 2.46. The molecule has 1 aliphatic carbocycles. The van der Waals surface area contributed by atoms with Gasteiger partial charge in [0.25, 0.3) is 0 Å². The molecule has 0 radical (unpaired) electrons. The molecule has 1 heterocycles. The van der Waals surface area contributed by atoms with E-state index in [-0.39, 0.29) is 0 Å². The molecule has 0 bridgehead atoms. The average molecular weight is 236 g/mol. The molecule has 4 heteroatoms. The maximum absolute atomic E-state index is 5.65. The van der Waals surface area contributed by atoms with Crippen molar-refractivity contribution in [1.29, 1.82) is 0 Å². The second-order valence-electron chi connectivity index (χ2n) is 4.37. The average Bonchev–Trinajstić information content (AvgIpc) is 2.31. The number of aromatic nitrogens is 1. The van der Waals surface area contributed by atoms with E-state index in [1.165, 1.54) is 0 Å². The zero-order chi connectivity index (χ0) is 12.1. The molecule has 0 saturated heterocycles. The summed E-state index contributed by atoms with van der Waals surface area (Å²) >= 11 is 0. The Hall–Kier alpha value is -1.29. The lowest BCUT2D eigenvalue weighted by Crippen LogP contribution is -2.40. The van der Waals surface area contributed by atoms with E-state index >= 15 is 0 Å². The Morgan fingerprint density at radius 2 is 2.29 bits per heavy atom. The number of hydrogen-bond donors (Lipinski definition) is 1. The van der Waals surface area contributed by atoms with Gasteiger partial charge in [-0.15, -0.1) is 0 Å². The molecule has 0 aromatic carbocycles. The van der Waals surface area contributed by atoms with Gasteiger partial charge in [0, 0.05) is 19.3 Å². The van der Waals surface area contributed by atoms with Crippen molar-refractivity contribution in [3.05, 3.63) is 18.3 Å². The highest BCUT2D eigenvalue weighted by molar-refractivity contribution is 5.50. The molecular formula is C13H20N2O2. The summed E-state index contributed by atoms with van der Waals surface area (Å²) in [5, 5.41) is 3.40. The second-order valence-corrected chi connectivity index (χ2v) is 4.37. The first kappa shape index (κ1) is 12.2. The van der Waals surface area contributed by atoms with Crippen LogP contribution in [0.3, 0.4) is 0 Å². The number of pyridine rings is 1. The van der Waals surface area contributed by atoms with Crippen molar-refractivity contribution in [1.82, 2.24) is 4.98 Å². The highest BCUT2D eigenvalue weighted by Crippen LogP contribution is 2.29. The quantitative estimate of drug-likeness (QED) is 0.824. The van der Waals surface area contributed by atoms with Crippen LogP contribution in [0.4, 0.5) is 5.82 Å². The largest absolute Gasteiger partial charge is 0.490 e. The van der Waals surface area contributed by atoms with Crippen LogP contribution in [0.5, 0.6) is 5.75 Å². The number of hydrogen-bond acceptors (Lipinski definition) is 4. The van der Waals surface area contributed by atoms with Gasteiger partial charge in [0.1, 0.15) is 0 Å². The standard InChI is InChI=1S/C13H20N2O2/c1-3-7-17-12-5-4-6-14-13(12)15-10-8-11(9-10)16-2/h4-6,10-11H,3,7-9H2,1-2H3,(H,14,15). The summed E-state index contributed by atoms with van der Waals surface area (Å²) in [6, 6.07) is 4.31. The molecule has 0 atom stereocenters. The first-order chi connectivity index (χ1) is 8.33. The van der Waals surface area contributed by atoms with Gasteiger partial charge in [0.2, 0.25) is 0 Å². The van der Waals surface area contributed by atoms with Gasteiger partial charge in [-0.05, 0) is 31.4 Å². The number of ether oxygens (including phenoxy) is 2. The maximum atomic E-state index is 5.65. The van der Waals surface area contributed by atoms with E-state index < -0.39 is 0 Å². The third kappa shape index (κ3) is 3.09. The lowest BCUT2D eigenvalue weighted by Gasteiger charge is -2.35. The predicted molar refractivity (Wildman–Crippen MR) is 67.5 cm³/mol. The van der Waals surface area contributed by atoms with E-state index in [0.717, 1.165) is 37.4 Å². The fraction of sp³-hybridized carbons (Fsp3) is 0.615. The summed E-state index contributed by atoms with van der Waals surface area (Å²) in [5.41, 5.74) is 0. The molecule has 17 heavy (non-hydrogen) atoms. The lowest BCUT2D eigenvalue weighted by atomic mass is 9.89. The van der Waals surface area contributed by atoms with Crippen LogP contribution in [-0.2, 0) is 4.74 Å². The Morgan fingerprint density at radius 1 is 1.47 bits per heavy atom. The van der Waals surface area contributed by atoms with Crippen LogP contribution in [0.1, 0.15) is 26.2 Å². The molecule has 0 aliphatic heterocycles. The Bertz CT molecular complexity index is 351. The minimum Gasteiger partial charge on any atom is -0.490 e. The number of rotatable bonds is 6. The van der Waals surface area contributed by atoms with Gasteiger partial charge in [-0.2, -0.15) is 0 Å². The van der Waals surface area contributed by atoms with E-state index in [9.17, 15) is 0 Å². The number of nitrogens with zero attached hydrogens (tertiary/aromatic N) is 1. The van der Waals surface area contributed by atoms with Gasteiger partial charge in [0.05, 0.1) is 12.7 Å². The zero-order valence-electron chi connectivity index (χ0n) is 10.5. The summed E-state index contributed by atoms with van der Waals surface area (Å²) < 4.78 is 10.9. The van der Waals surface area contributed by atoms with Crippen molar-refractivity contribution < 1.29 is 9.47 Å². The van der Waals surface area contributed by atoms with E-state index in [1.807, 2.05) is 12.1 Å². The van der Waals surface area contributed by atoms with Crippen molar-refractivity contribution >= 4 is 5.82 Å². The molecule has 1 N–H and O–H groups in total. The topological polar surface area (TPSA) is 43.4 Å². The van der Waals surface area contributed by atoms with Gasteiger partial charge in [-0.1, -0.05) is 6.92 Å². The minimum atomic E-state index is 0.399. The third-order valence-electron chi connectivity index (χ3n) is 3.00. The highest BCUT2D eigenvalue weighted by Gasteiger charge is 2.29. The second kappa shape index (κ2) is 5.87. The minimum absolute atomic E-state index is 0.399. The van der Waals surface area contributed by atoms with Crippen LogP contribution >= 0.6 is 0 Å². The first-order valence-corrected chi connectivity index (χ1v) is 6.20. The van der Waals surface area contributed by atoms with Crippen molar-refractivity contribution in [2.75, 3.05) is 19.0 Å². The lowest BCUT2D eigenvalue weighted by molar-refractivity contribution is 0.0327. The smallest absolute Gasteiger partial charge is 0.168 e.